The third-order valence-electron chi connectivity index (χ3n) is 6.56. The molecule has 31 heavy (non-hydrogen) atoms. The van der Waals surface area contributed by atoms with Crippen LogP contribution < -0.4 is 5.32 Å². The number of amides is 2. The Morgan fingerprint density at radius 2 is 2.00 bits per heavy atom. The number of Topliss-reactive ketones (excluding diaryl/α,β-unsaturated/α-hetero) is 1. The maximum Gasteiger partial charge on any atom is 0.318 e. The second-order valence-electron chi connectivity index (χ2n) is 9.59. The van der Waals surface area contributed by atoms with E-state index in [-0.39, 0.29) is 24.3 Å². The molecule has 2 N–H and O–H groups in total. The smallest absolute Gasteiger partial charge is 0.318 e. The molecule has 0 saturated carbocycles. The molecule has 0 aromatic carbocycles. The van der Waals surface area contributed by atoms with E-state index in [1.54, 1.807) is 4.90 Å². The molecule has 170 valence electrons. The van der Waals surface area contributed by atoms with Crippen molar-refractivity contribution in [3.63, 3.8) is 0 Å². The van der Waals surface area contributed by atoms with E-state index < -0.39 is 27.9 Å². The molecule has 3 aliphatic heterocycles. The van der Waals surface area contributed by atoms with Crippen molar-refractivity contribution in [1.82, 2.24) is 15.1 Å². The number of nitrogens with zero attached hydrogens (tertiary/aromatic N) is 3. The van der Waals surface area contributed by atoms with Gasteiger partial charge in [0.25, 0.3) is 6.04 Å². The molecular formula is C21H30N4O6. The summed E-state index contributed by atoms with van der Waals surface area (Å²) in [5, 5.41) is 24.0. The number of rotatable bonds is 5. The summed E-state index contributed by atoms with van der Waals surface area (Å²) in [7, 11) is 0. The van der Waals surface area contributed by atoms with Crippen molar-refractivity contribution in [3.05, 3.63) is 33.6 Å². The first-order valence-electron chi connectivity index (χ1n) is 10.9. The number of piperidine rings is 1. The molecule has 4 aliphatic rings. The normalized spacial score (nSPS) is 31.1. The van der Waals surface area contributed by atoms with Gasteiger partial charge in [-0.1, -0.05) is 0 Å². The lowest BCUT2D eigenvalue weighted by molar-refractivity contribution is -0.494. The number of aliphatic hydroxyl groups excluding tert-OH is 1. The largest absolute Gasteiger partial charge is 0.487 e. The van der Waals surface area contributed by atoms with E-state index in [1.165, 1.54) is 12.2 Å². The van der Waals surface area contributed by atoms with E-state index in [9.17, 15) is 24.8 Å². The van der Waals surface area contributed by atoms with Gasteiger partial charge in [-0.25, -0.2) is 4.79 Å². The molecule has 1 aliphatic carbocycles. The number of hydrogen-bond donors (Lipinski definition) is 2. The van der Waals surface area contributed by atoms with Gasteiger partial charge in [0.2, 0.25) is 5.78 Å². The maximum absolute atomic E-state index is 13.0. The lowest BCUT2D eigenvalue weighted by atomic mass is 9.73. The summed E-state index contributed by atoms with van der Waals surface area (Å²) >= 11 is 0. The van der Waals surface area contributed by atoms with Gasteiger partial charge < -0.3 is 25.0 Å². The van der Waals surface area contributed by atoms with Crippen LogP contribution in [-0.2, 0) is 9.53 Å². The summed E-state index contributed by atoms with van der Waals surface area (Å²) < 4.78 is 5.96. The Morgan fingerprint density at radius 1 is 1.29 bits per heavy atom. The number of likely N-dealkylation sites (tertiary alicyclic amines) is 1. The van der Waals surface area contributed by atoms with Crippen LogP contribution in [0, 0.1) is 10.1 Å². The molecule has 0 bridgehead atoms. The number of urea groups is 1. The van der Waals surface area contributed by atoms with Crippen LogP contribution in [0.4, 0.5) is 4.79 Å². The molecule has 10 heteroatoms. The number of nitrogens with one attached hydrogen (secondary N) is 1. The van der Waals surface area contributed by atoms with Gasteiger partial charge in [0.15, 0.2) is 0 Å². The van der Waals surface area contributed by atoms with Gasteiger partial charge >= 0.3 is 6.03 Å². The van der Waals surface area contributed by atoms with Gasteiger partial charge in [-0.05, 0) is 45.7 Å². The first kappa shape index (κ1) is 21.8. The highest BCUT2D eigenvalue weighted by molar-refractivity contribution is 6.05. The second-order valence-corrected chi connectivity index (χ2v) is 9.59. The standard InChI is InChI=1S/C21H30N4O6/c1-20(2)12-21(17-16(31-20)5-4-15(18(17)27)25(29)30)13-24(19(28)22-21)9-3-8-23-10-6-14(26)7-11-23/h4-5,14-15,26H,3,6-13H2,1-2H3,(H,22,28). The van der Waals surface area contributed by atoms with Gasteiger partial charge in [-0.3, -0.25) is 14.9 Å². The molecule has 2 unspecified atom stereocenters. The molecule has 0 aromatic heterocycles. The number of nitro groups is 1. The number of ketones is 1. The van der Waals surface area contributed by atoms with Crippen LogP contribution in [-0.4, -0.2) is 87.7 Å². The molecule has 2 atom stereocenters. The van der Waals surface area contributed by atoms with E-state index in [1.807, 2.05) is 13.8 Å². The number of allylic oxidation sites excluding steroid dienone is 1. The lowest BCUT2D eigenvalue weighted by Crippen LogP contribution is -2.58. The Morgan fingerprint density at radius 3 is 2.68 bits per heavy atom. The predicted molar refractivity (Wildman–Crippen MR) is 111 cm³/mol. The van der Waals surface area contributed by atoms with Crippen molar-refractivity contribution in [2.75, 3.05) is 32.7 Å². The zero-order valence-corrected chi connectivity index (χ0v) is 18.0. The molecule has 2 fully saturated rings. The number of carbonyl (C=O) groups excluding carboxylic acids is 2. The Kier molecular flexibility index (Phi) is 5.55. The molecular weight excluding hydrogens is 404 g/mol. The van der Waals surface area contributed by atoms with Crippen molar-refractivity contribution in [2.24, 2.45) is 0 Å². The van der Waals surface area contributed by atoms with Gasteiger partial charge in [-0.15, -0.1) is 0 Å². The predicted octanol–water partition coefficient (Wildman–Crippen LogP) is 0.834. The zero-order chi connectivity index (χ0) is 22.4. The quantitative estimate of drug-likeness (QED) is 0.485. The molecule has 2 saturated heterocycles. The molecule has 1 spiro atoms. The number of carbonyl (C=O) groups is 2. The van der Waals surface area contributed by atoms with Gasteiger partial charge in [-0.2, -0.15) is 0 Å². The van der Waals surface area contributed by atoms with E-state index in [2.05, 4.69) is 10.2 Å². The first-order valence-corrected chi connectivity index (χ1v) is 10.9. The number of fused-ring (bicyclic) bond motifs is 1. The molecule has 3 heterocycles. The average molecular weight is 434 g/mol. The van der Waals surface area contributed by atoms with Crippen molar-refractivity contribution >= 4 is 11.8 Å². The monoisotopic (exact) mass is 434 g/mol. The van der Waals surface area contributed by atoms with Crippen LogP contribution in [0.3, 0.4) is 0 Å². The summed E-state index contributed by atoms with van der Waals surface area (Å²) in [6, 6.07) is -1.72. The number of hydrogen-bond acceptors (Lipinski definition) is 7. The second kappa shape index (κ2) is 7.90. The minimum absolute atomic E-state index is 0.205. The van der Waals surface area contributed by atoms with Crippen molar-refractivity contribution in [3.8, 4) is 0 Å². The Balaban J connectivity index is 1.49. The molecule has 2 amide bonds. The average Bonchev–Trinajstić information content (AvgIpc) is 2.97. The van der Waals surface area contributed by atoms with Gasteiger partial charge in [0.05, 0.1) is 23.8 Å². The van der Waals surface area contributed by atoms with Gasteiger partial charge in [0, 0.05) is 37.1 Å². The summed E-state index contributed by atoms with van der Waals surface area (Å²) in [6.45, 7) is 7.10. The minimum atomic E-state index is -1.46. The molecule has 4 rings (SSSR count). The van der Waals surface area contributed by atoms with Crippen LogP contribution in [0.15, 0.2) is 23.5 Å². The van der Waals surface area contributed by atoms with Gasteiger partial charge in [0.1, 0.15) is 11.4 Å². The topological polar surface area (TPSA) is 125 Å². The Bertz CT molecular complexity index is 845. The fourth-order valence-electron chi connectivity index (χ4n) is 5.26. The maximum atomic E-state index is 13.0. The third-order valence-corrected chi connectivity index (χ3v) is 6.56. The van der Waals surface area contributed by atoms with Crippen LogP contribution in [0.2, 0.25) is 0 Å². The van der Waals surface area contributed by atoms with E-state index in [4.69, 9.17) is 4.74 Å². The SMILES string of the molecule is CC1(C)CC2(CN(CCCN3CCC(O)CC3)C(=O)N2)C2=C(C=CC([N+](=O)[O-])C2=O)O1. The van der Waals surface area contributed by atoms with E-state index in [0.29, 0.717) is 18.7 Å². The molecule has 10 nitrogen and oxygen atoms in total. The summed E-state index contributed by atoms with van der Waals surface area (Å²) in [5.74, 6) is -0.305. The van der Waals surface area contributed by atoms with Crippen LogP contribution in [0.25, 0.3) is 0 Å². The zero-order valence-electron chi connectivity index (χ0n) is 18.0. The summed E-state index contributed by atoms with van der Waals surface area (Å²) in [5.41, 5.74) is -1.43. The van der Waals surface area contributed by atoms with Crippen molar-refractivity contribution in [1.29, 1.82) is 0 Å². The highest BCUT2D eigenvalue weighted by Gasteiger charge is 2.57. The number of ether oxygens (including phenoxy) is 1. The fraction of sp³-hybridized carbons (Fsp3) is 0.714. The summed E-state index contributed by atoms with van der Waals surface area (Å²) in [6.07, 6.45) is 5.20. The first-order chi connectivity index (χ1) is 14.6. The summed E-state index contributed by atoms with van der Waals surface area (Å²) in [4.78, 5) is 40.6. The fourth-order valence-corrected chi connectivity index (χ4v) is 5.26. The van der Waals surface area contributed by atoms with Crippen LogP contribution in [0.1, 0.15) is 39.5 Å². The van der Waals surface area contributed by atoms with Crippen LogP contribution in [0.5, 0.6) is 0 Å². The van der Waals surface area contributed by atoms with Crippen LogP contribution >= 0.6 is 0 Å². The van der Waals surface area contributed by atoms with Crippen molar-refractivity contribution < 1.29 is 24.4 Å². The Hall–Kier alpha value is -2.46. The van der Waals surface area contributed by atoms with E-state index >= 15 is 0 Å². The minimum Gasteiger partial charge on any atom is -0.487 e. The lowest BCUT2D eigenvalue weighted by Gasteiger charge is -2.44. The molecule has 0 radical (unpaired) electrons. The highest BCUT2D eigenvalue weighted by Crippen LogP contribution is 2.44. The van der Waals surface area contributed by atoms with Crippen molar-refractivity contribution in [2.45, 2.75) is 62.8 Å². The van der Waals surface area contributed by atoms with E-state index in [0.717, 1.165) is 38.9 Å². The highest BCUT2D eigenvalue weighted by atomic mass is 16.6. The Labute approximate surface area is 181 Å². The molecule has 0 aromatic rings. The number of aliphatic hydroxyl groups is 1. The third kappa shape index (κ3) is 4.18.